The number of carbonyl (C=O) groups excluding carboxylic acids is 2. The van der Waals surface area contributed by atoms with Gasteiger partial charge < -0.3 is 19.2 Å². The summed E-state index contributed by atoms with van der Waals surface area (Å²) in [5, 5.41) is 3.53. The third kappa shape index (κ3) is 3.61. The van der Waals surface area contributed by atoms with Crippen molar-refractivity contribution < 1.29 is 18.7 Å². The fourth-order valence-corrected chi connectivity index (χ4v) is 4.73. The summed E-state index contributed by atoms with van der Waals surface area (Å²) >= 11 is 0. The number of H-pyrrole nitrogens is 1. The van der Waals surface area contributed by atoms with Crippen molar-refractivity contribution in [1.29, 1.82) is 0 Å². The highest BCUT2D eigenvalue weighted by atomic mass is 19.1. The minimum atomic E-state index is -0.538. The molecule has 1 atom stereocenters. The average Bonchev–Trinajstić information content (AvgIpc) is 3.46. The van der Waals surface area contributed by atoms with Gasteiger partial charge in [-0.15, -0.1) is 0 Å². The first-order chi connectivity index (χ1) is 16.4. The molecular weight excluding hydrogens is 435 g/mol. The van der Waals surface area contributed by atoms with Crippen molar-refractivity contribution in [2.45, 2.75) is 12.6 Å². The number of amides is 2. The third-order valence-corrected chi connectivity index (χ3v) is 6.22. The molecule has 0 bridgehead atoms. The van der Waals surface area contributed by atoms with Crippen molar-refractivity contribution >= 4 is 44.8 Å². The van der Waals surface area contributed by atoms with Crippen molar-refractivity contribution in [1.82, 2.24) is 19.8 Å². The summed E-state index contributed by atoms with van der Waals surface area (Å²) in [6, 6.07) is 12.4. The van der Waals surface area contributed by atoms with E-state index in [1.54, 1.807) is 25.6 Å². The second-order valence-electron chi connectivity index (χ2n) is 8.73. The average molecular weight is 461 g/mol. The van der Waals surface area contributed by atoms with Crippen LogP contribution in [0.5, 0.6) is 0 Å². The molecule has 1 aliphatic rings. The quantitative estimate of drug-likeness (QED) is 0.415. The third-order valence-electron chi connectivity index (χ3n) is 6.22. The lowest BCUT2D eigenvalue weighted by Gasteiger charge is -2.20. The number of hydrogen-bond donors (Lipinski definition) is 2. The second kappa shape index (κ2) is 8.55. The molecule has 0 saturated carbocycles. The van der Waals surface area contributed by atoms with E-state index < -0.39 is 17.6 Å². The van der Waals surface area contributed by atoms with E-state index in [9.17, 15) is 9.59 Å². The summed E-state index contributed by atoms with van der Waals surface area (Å²) in [5.74, 6) is -1.49. The Hall–Kier alpha value is -3.75. The predicted octanol–water partition coefficient (Wildman–Crippen LogP) is 3.41. The summed E-state index contributed by atoms with van der Waals surface area (Å²) in [6.45, 7) is 1.13. The number of halogens is 1. The van der Waals surface area contributed by atoms with E-state index in [1.165, 1.54) is 6.07 Å². The Balaban J connectivity index is 1.74. The molecule has 7 nitrogen and oxygen atoms in total. The molecule has 1 aliphatic heterocycles. The highest BCUT2D eigenvalue weighted by Gasteiger charge is 2.35. The number of aromatic nitrogens is 2. The van der Waals surface area contributed by atoms with Gasteiger partial charge in [0.1, 0.15) is 5.82 Å². The predicted molar refractivity (Wildman–Crippen MR) is 130 cm³/mol. The van der Waals surface area contributed by atoms with Crippen LogP contribution in [0.2, 0.25) is 0 Å². The van der Waals surface area contributed by atoms with Crippen LogP contribution in [0.4, 0.5) is 4.39 Å². The van der Waals surface area contributed by atoms with Crippen LogP contribution in [-0.4, -0.2) is 60.1 Å². The van der Waals surface area contributed by atoms with Crippen molar-refractivity contribution in [3.05, 3.63) is 71.8 Å². The van der Waals surface area contributed by atoms with Crippen molar-refractivity contribution in [3.63, 3.8) is 0 Å². The highest BCUT2D eigenvalue weighted by Crippen LogP contribution is 2.39. The molecule has 2 aromatic heterocycles. The van der Waals surface area contributed by atoms with Gasteiger partial charge in [-0.2, -0.15) is 0 Å². The molecule has 4 aromatic rings. The van der Waals surface area contributed by atoms with Crippen LogP contribution in [0, 0.1) is 5.82 Å². The molecule has 34 heavy (non-hydrogen) atoms. The van der Waals surface area contributed by atoms with Crippen LogP contribution in [0.25, 0.3) is 33.0 Å². The Labute approximate surface area is 195 Å². The number of imide groups is 1. The molecular formula is C26H25FN4O3. The Morgan fingerprint density at radius 3 is 2.50 bits per heavy atom. The van der Waals surface area contributed by atoms with E-state index in [0.29, 0.717) is 35.1 Å². The van der Waals surface area contributed by atoms with Crippen LogP contribution in [0.3, 0.4) is 0 Å². The summed E-state index contributed by atoms with van der Waals surface area (Å²) in [5.41, 5.74) is 2.88. The number of methoxy groups -OCH3 is 1. The van der Waals surface area contributed by atoms with Gasteiger partial charge in [-0.3, -0.25) is 14.9 Å². The number of benzene rings is 2. The van der Waals surface area contributed by atoms with Gasteiger partial charge in [-0.1, -0.05) is 24.3 Å². The highest BCUT2D eigenvalue weighted by molar-refractivity contribution is 6.50. The van der Waals surface area contributed by atoms with Crippen LogP contribution in [-0.2, 0) is 20.9 Å². The van der Waals surface area contributed by atoms with Gasteiger partial charge in [0, 0.05) is 53.5 Å². The minimum Gasteiger partial charge on any atom is -0.378 e. The van der Waals surface area contributed by atoms with Crippen molar-refractivity contribution in [2.24, 2.45) is 0 Å². The largest absolute Gasteiger partial charge is 0.378 e. The summed E-state index contributed by atoms with van der Waals surface area (Å²) in [6.07, 6.45) is 3.31. The first kappa shape index (κ1) is 22.1. The molecule has 8 heteroatoms. The normalized spacial score (nSPS) is 15.2. The van der Waals surface area contributed by atoms with E-state index in [0.717, 1.165) is 10.9 Å². The van der Waals surface area contributed by atoms with Gasteiger partial charge in [0.2, 0.25) is 0 Å². The van der Waals surface area contributed by atoms with Gasteiger partial charge >= 0.3 is 0 Å². The van der Waals surface area contributed by atoms with Gasteiger partial charge in [0.05, 0.1) is 29.3 Å². The Bertz CT molecular complexity index is 1460. The maximum atomic E-state index is 15.2. The lowest BCUT2D eigenvalue weighted by Crippen LogP contribution is -2.31. The van der Waals surface area contributed by atoms with E-state index in [2.05, 4.69) is 10.3 Å². The number of hydrogen-bond acceptors (Lipinski definition) is 4. The number of nitrogens with zero attached hydrogens (tertiary/aromatic N) is 2. The molecule has 0 fully saturated rings. The second-order valence-corrected chi connectivity index (χ2v) is 8.73. The SMILES string of the molecule is COC(CN(C)C)Cn1cc(C2=C(c3c[nH]c4ccccc34)C(=O)NC2=O)c2c(F)cccc21. The molecule has 3 heterocycles. The van der Waals surface area contributed by atoms with Crippen LogP contribution in [0.1, 0.15) is 11.1 Å². The first-order valence-electron chi connectivity index (χ1n) is 11.0. The molecule has 2 amide bonds. The smallest absolute Gasteiger partial charge is 0.259 e. The molecule has 2 N–H and O–H groups in total. The van der Waals surface area contributed by atoms with Gasteiger partial charge in [0.25, 0.3) is 11.8 Å². The minimum absolute atomic E-state index is 0.150. The molecule has 174 valence electrons. The van der Waals surface area contributed by atoms with Crippen LogP contribution >= 0.6 is 0 Å². The zero-order valence-corrected chi connectivity index (χ0v) is 19.2. The van der Waals surface area contributed by atoms with Gasteiger partial charge in [-0.05, 0) is 32.3 Å². The number of ether oxygens (including phenoxy) is 1. The number of likely N-dealkylation sites (N-methyl/N-ethyl adjacent to an activating group) is 1. The number of carbonyl (C=O) groups is 2. The monoisotopic (exact) mass is 460 g/mol. The number of rotatable bonds is 7. The fourth-order valence-electron chi connectivity index (χ4n) is 4.73. The molecule has 0 aliphatic carbocycles. The first-order valence-corrected chi connectivity index (χ1v) is 11.0. The summed E-state index contributed by atoms with van der Waals surface area (Å²) in [7, 11) is 5.55. The lowest BCUT2D eigenvalue weighted by atomic mass is 9.95. The molecule has 2 aromatic carbocycles. The molecule has 5 rings (SSSR count). The molecule has 0 radical (unpaired) electrons. The number of aromatic amines is 1. The molecule has 1 unspecified atom stereocenters. The van der Waals surface area contributed by atoms with E-state index in [-0.39, 0.29) is 17.3 Å². The maximum Gasteiger partial charge on any atom is 0.259 e. The standard InChI is InChI=1S/C26H25FN4O3/c1-30(2)12-15(34-3)13-31-14-18(22-19(27)8-6-10-21(22)31)24-23(25(32)29-26(24)33)17-11-28-20-9-5-4-7-16(17)20/h4-11,14-15,28H,12-13H2,1-3H3,(H,29,32,33). The van der Waals surface area contributed by atoms with Gasteiger partial charge in [-0.25, -0.2) is 4.39 Å². The number of fused-ring (bicyclic) bond motifs is 2. The topological polar surface area (TPSA) is 79.4 Å². The maximum absolute atomic E-state index is 15.2. The lowest BCUT2D eigenvalue weighted by molar-refractivity contribution is -0.122. The Kier molecular flexibility index (Phi) is 5.55. The molecule has 0 saturated heterocycles. The van der Waals surface area contributed by atoms with E-state index in [4.69, 9.17) is 4.74 Å². The molecule has 0 spiro atoms. The van der Waals surface area contributed by atoms with Crippen LogP contribution in [0.15, 0.2) is 54.9 Å². The van der Waals surface area contributed by atoms with Crippen LogP contribution < -0.4 is 5.32 Å². The zero-order chi connectivity index (χ0) is 24.0. The number of para-hydroxylation sites is 1. The number of nitrogens with one attached hydrogen (secondary N) is 2. The zero-order valence-electron chi connectivity index (χ0n) is 19.2. The van der Waals surface area contributed by atoms with Crippen molar-refractivity contribution in [3.8, 4) is 0 Å². The van der Waals surface area contributed by atoms with Gasteiger partial charge in [0.15, 0.2) is 0 Å². The van der Waals surface area contributed by atoms with E-state index in [1.807, 2.05) is 53.9 Å². The fraction of sp³-hybridized carbons (Fsp3) is 0.231. The van der Waals surface area contributed by atoms with E-state index >= 15 is 4.39 Å². The van der Waals surface area contributed by atoms with Crippen molar-refractivity contribution in [2.75, 3.05) is 27.7 Å². The Morgan fingerprint density at radius 2 is 1.76 bits per heavy atom. The summed E-state index contributed by atoms with van der Waals surface area (Å²) in [4.78, 5) is 31.2. The summed E-state index contributed by atoms with van der Waals surface area (Å²) < 4.78 is 22.7. The Morgan fingerprint density at radius 1 is 1.03 bits per heavy atom.